The molecule has 0 radical (unpaired) electrons. The van der Waals surface area contributed by atoms with Crippen LogP contribution in [-0.2, 0) is 26.1 Å². The number of nitrogens with one attached hydrogen (secondary N) is 1. The summed E-state index contributed by atoms with van der Waals surface area (Å²) in [5.74, 6) is -1.08. The Balaban J connectivity index is 2.09. The van der Waals surface area contributed by atoms with Gasteiger partial charge in [0.1, 0.15) is 12.1 Å². The average Bonchev–Trinajstić information content (AvgIpc) is 2.80. The van der Waals surface area contributed by atoms with Gasteiger partial charge in [-0.3, -0.25) is 9.52 Å². The van der Waals surface area contributed by atoms with Gasteiger partial charge >= 0.3 is 5.97 Å². The Kier molecular flexibility index (Phi) is 4.90. The molecule has 0 saturated carbocycles. The summed E-state index contributed by atoms with van der Waals surface area (Å²) in [5.41, 5.74) is 6.95. The number of nitrogens with two attached hydrogens (primary N) is 1. The van der Waals surface area contributed by atoms with Gasteiger partial charge in [-0.25, -0.2) is 8.42 Å². The van der Waals surface area contributed by atoms with Crippen LogP contribution in [0, 0.1) is 0 Å². The van der Waals surface area contributed by atoms with E-state index in [0.29, 0.717) is 17.0 Å². The average molecular weight is 341 g/mol. The second kappa shape index (κ2) is 6.55. The Hall–Kier alpha value is -2.13. The van der Waals surface area contributed by atoms with Gasteiger partial charge in [0, 0.05) is 5.69 Å². The van der Waals surface area contributed by atoms with Crippen LogP contribution in [0.25, 0.3) is 0 Å². The summed E-state index contributed by atoms with van der Waals surface area (Å²) in [6.45, 7) is 3.24. The minimum Gasteiger partial charge on any atom is -0.480 e. The first-order valence-electron chi connectivity index (χ1n) is 7.00. The molecule has 1 aliphatic heterocycles. The number of hydrogen-bond acceptors (Lipinski definition) is 6. The lowest BCUT2D eigenvalue weighted by Crippen LogP contribution is -2.38. The van der Waals surface area contributed by atoms with Crippen LogP contribution in [0.1, 0.15) is 19.4 Å². The number of sulfonamides is 1. The third kappa shape index (κ3) is 3.99. The number of anilines is 1. The maximum Gasteiger partial charge on any atom is 0.320 e. The van der Waals surface area contributed by atoms with Crippen molar-refractivity contribution in [1.82, 2.24) is 0 Å². The van der Waals surface area contributed by atoms with E-state index in [0.717, 1.165) is 0 Å². The van der Waals surface area contributed by atoms with E-state index in [-0.39, 0.29) is 6.42 Å². The smallest absolute Gasteiger partial charge is 0.320 e. The summed E-state index contributed by atoms with van der Waals surface area (Å²) < 4.78 is 27.3. The highest BCUT2D eigenvalue weighted by atomic mass is 32.2. The fraction of sp³-hybridized carbons (Fsp3) is 0.429. The van der Waals surface area contributed by atoms with E-state index in [2.05, 4.69) is 9.88 Å². The molecule has 1 aromatic carbocycles. The molecule has 0 aliphatic carbocycles. The molecule has 0 aromatic heterocycles. The molecule has 23 heavy (non-hydrogen) atoms. The highest BCUT2D eigenvalue weighted by Gasteiger charge is 2.39. The van der Waals surface area contributed by atoms with Crippen LogP contribution < -0.4 is 10.5 Å². The van der Waals surface area contributed by atoms with Gasteiger partial charge in [0.05, 0.1) is 5.71 Å². The maximum absolute atomic E-state index is 12.4. The minimum absolute atomic E-state index is 0.168. The summed E-state index contributed by atoms with van der Waals surface area (Å²) in [4.78, 5) is 15.7. The van der Waals surface area contributed by atoms with E-state index >= 15 is 0 Å². The summed E-state index contributed by atoms with van der Waals surface area (Å²) >= 11 is 0. The van der Waals surface area contributed by atoms with Crippen molar-refractivity contribution >= 4 is 27.4 Å². The molecule has 2 rings (SSSR count). The van der Waals surface area contributed by atoms with Gasteiger partial charge in [0.25, 0.3) is 0 Å². The lowest BCUT2D eigenvalue weighted by atomic mass is 10.1. The Morgan fingerprint density at radius 2 is 2.04 bits per heavy atom. The molecule has 1 aliphatic rings. The first kappa shape index (κ1) is 17.2. The van der Waals surface area contributed by atoms with Gasteiger partial charge in [-0.15, -0.1) is 0 Å². The zero-order valence-corrected chi connectivity index (χ0v) is 13.6. The van der Waals surface area contributed by atoms with E-state index in [9.17, 15) is 13.2 Å². The number of carboxylic acid groups (broad SMARTS) is 1. The van der Waals surface area contributed by atoms with Crippen molar-refractivity contribution < 1.29 is 23.2 Å². The lowest BCUT2D eigenvalue weighted by Gasteiger charge is -2.16. The summed E-state index contributed by atoms with van der Waals surface area (Å²) in [7, 11) is -3.69. The van der Waals surface area contributed by atoms with E-state index in [4.69, 9.17) is 15.7 Å². The van der Waals surface area contributed by atoms with Crippen molar-refractivity contribution in [2.45, 2.75) is 37.7 Å². The molecular weight excluding hydrogens is 322 g/mol. The maximum atomic E-state index is 12.4. The number of nitrogens with zero attached hydrogens (tertiary/aromatic N) is 1. The van der Waals surface area contributed by atoms with Crippen LogP contribution in [0.4, 0.5) is 5.69 Å². The van der Waals surface area contributed by atoms with E-state index < -0.39 is 33.4 Å². The predicted octanol–water partition coefficient (Wildman–Crippen LogP) is 0.546. The predicted molar refractivity (Wildman–Crippen MR) is 85.7 cm³/mol. The standard InChI is InChI=1S/C14H19N3O5S/c1-8-13(9(2)22-16-8)23(20,21)17-11-5-3-10(4-6-11)7-12(15)14(18)19/h3-6,9,12-13,17H,7,15H2,1-2H3,(H,18,19)/t9?,12-,13?/m0/s1. The molecule has 126 valence electrons. The van der Waals surface area contributed by atoms with Crippen molar-refractivity contribution in [3.8, 4) is 0 Å². The van der Waals surface area contributed by atoms with Crippen molar-refractivity contribution in [2.24, 2.45) is 10.9 Å². The molecule has 0 spiro atoms. The number of hydrogen-bond donors (Lipinski definition) is 3. The van der Waals surface area contributed by atoms with Crippen molar-refractivity contribution in [1.29, 1.82) is 0 Å². The van der Waals surface area contributed by atoms with Crippen molar-refractivity contribution in [3.05, 3.63) is 29.8 Å². The monoisotopic (exact) mass is 341 g/mol. The number of rotatable bonds is 6. The van der Waals surface area contributed by atoms with Crippen LogP contribution in [0.5, 0.6) is 0 Å². The first-order valence-corrected chi connectivity index (χ1v) is 8.54. The summed E-state index contributed by atoms with van der Waals surface area (Å²) in [6.07, 6.45) is -0.387. The molecule has 0 fully saturated rings. The lowest BCUT2D eigenvalue weighted by molar-refractivity contribution is -0.138. The third-order valence-corrected chi connectivity index (χ3v) is 5.44. The molecule has 3 atom stereocenters. The fourth-order valence-corrected chi connectivity index (χ4v) is 4.01. The minimum atomic E-state index is -3.69. The zero-order chi connectivity index (χ0) is 17.2. The molecule has 0 amide bonds. The first-order chi connectivity index (χ1) is 10.7. The highest BCUT2D eigenvalue weighted by Crippen LogP contribution is 2.21. The molecular formula is C14H19N3O5S. The second-order valence-electron chi connectivity index (χ2n) is 5.46. The third-order valence-electron chi connectivity index (χ3n) is 3.52. The van der Waals surface area contributed by atoms with E-state index in [1.807, 2.05) is 0 Å². The molecule has 2 unspecified atom stereocenters. The largest absolute Gasteiger partial charge is 0.480 e. The van der Waals surface area contributed by atoms with Gasteiger partial charge in [-0.2, -0.15) is 0 Å². The van der Waals surface area contributed by atoms with Gasteiger partial charge in [0.15, 0.2) is 5.25 Å². The van der Waals surface area contributed by atoms with Gasteiger partial charge < -0.3 is 15.7 Å². The van der Waals surface area contributed by atoms with Crippen LogP contribution in [0.15, 0.2) is 29.4 Å². The zero-order valence-electron chi connectivity index (χ0n) is 12.8. The Bertz CT molecular complexity index is 714. The Morgan fingerprint density at radius 1 is 1.43 bits per heavy atom. The Morgan fingerprint density at radius 3 is 2.52 bits per heavy atom. The topological polar surface area (TPSA) is 131 Å². The van der Waals surface area contributed by atoms with Gasteiger partial charge in [-0.1, -0.05) is 17.3 Å². The quantitative estimate of drug-likeness (QED) is 0.692. The van der Waals surface area contributed by atoms with Crippen LogP contribution in [0.3, 0.4) is 0 Å². The number of benzene rings is 1. The van der Waals surface area contributed by atoms with Gasteiger partial charge in [0.2, 0.25) is 10.0 Å². The molecule has 9 heteroatoms. The van der Waals surface area contributed by atoms with E-state index in [1.54, 1.807) is 38.1 Å². The summed E-state index contributed by atoms with van der Waals surface area (Å²) in [6, 6.07) is 5.41. The van der Waals surface area contributed by atoms with Gasteiger partial charge in [-0.05, 0) is 38.0 Å². The van der Waals surface area contributed by atoms with Crippen LogP contribution in [0.2, 0.25) is 0 Å². The SMILES string of the molecule is CC1=NOC(C)C1S(=O)(=O)Nc1ccc(C[C@H](N)C(=O)O)cc1. The van der Waals surface area contributed by atoms with Crippen molar-refractivity contribution in [3.63, 3.8) is 0 Å². The second-order valence-corrected chi connectivity index (χ2v) is 7.26. The molecule has 1 aromatic rings. The normalized spacial score (nSPS) is 22.1. The highest BCUT2D eigenvalue weighted by molar-refractivity contribution is 7.94. The fourth-order valence-electron chi connectivity index (χ4n) is 2.37. The summed E-state index contributed by atoms with van der Waals surface area (Å²) in [5, 5.41) is 11.6. The number of carboxylic acids is 1. The van der Waals surface area contributed by atoms with Crippen LogP contribution in [-0.4, -0.2) is 42.6 Å². The van der Waals surface area contributed by atoms with Crippen LogP contribution >= 0.6 is 0 Å². The van der Waals surface area contributed by atoms with Crippen molar-refractivity contribution in [2.75, 3.05) is 4.72 Å². The Labute approximate surface area is 134 Å². The molecule has 8 nitrogen and oxygen atoms in total. The number of carbonyl (C=O) groups is 1. The number of oxime groups is 1. The molecule has 1 heterocycles. The molecule has 0 saturated heterocycles. The molecule has 4 N–H and O–H groups in total. The number of aliphatic carboxylic acids is 1. The molecule has 0 bridgehead atoms. The van der Waals surface area contributed by atoms with E-state index in [1.165, 1.54) is 0 Å².